The lowest BCUT2D eigenvalue weighted by Gasteiger charge is -2.21. The number of aliphatic carboxylic acids is 2. The molecule has 0 aliphatic carbocycles. The first-order valence-electron chi connectivity index (χ1n) is 6.82. The molecule has 2 aromatic rings. The molecule has 1 aromatic carbocycles. The van der Waals surface area contributed by atoms with Crippen LogP contribution in [0.25, 0.3) is 11.0 Å². The molecule has 0 radical (unpaired) electrons. The van der Waals surface area contributed by atoms with Crippen molar-refractivity contribution in [3.05, 3.63) is 34.5 Å². The maximum Gasteiger partial charge on any atom is 0.372 e. The molecule has 0 saturated heterocycles. The van der Waals surface area contributed by atoms with Crippen LogP contribution in [0.2, 0.25) is 5.02 Å². The first kappa shape index (κ1) is 18.3. The van der Waals surface area contributed by atoms with Gasteiger partial charge in [-0.05, 0) is 6.07 Å². The molecule has 0 saturated carbocycles. The van der Waals surface area contributed by atoms with Gasteiger partial charge in [0.1, 0.15) is 0 Å². The highest BCUT2D eigenvalue weighted by Crippen LogP contribution is 2.37. The van der Waals surface area contributed by atoms with Gasteiger partial charge < -0.3 is 25.1 Å². The summed E-state index contributed by atoms with van der Waals surface area (Å²) in [6.45, 7) is 1.05. The number of halogens is 1. The maximum absolute atomic E-state index is 11.5. The number of furan rings is 1. The van der Waals surface area contributed by atoms with Crippen molar-refractivity contribution in [2.45, 2.75) is 13.0 Å². The molecule has 1 heterocycles. The molecule has 4 N–H and O–H groups in total. The van der Waals surface area contributed by atoms with E-state index < -0.39 is 41.5 Å². The fourth-order valence-corrected chi connectivity index (χ4v) is 2.72. The summed E-state index contributed by atoms with van der Waals surface area (Å²) in [6.07, 6.45) is 0. The van der Waals surface area contributed by atoms with Crippen LogP contribution >= 0.6 is 11.6 Å². The number of amides is 1. The van der Waals surface area contributed by atoms with E-state index >= 15 is 0 Å². The Morgan fingerprint density at radius 3 is 2.20 bits per heavy atom. The minimum absolute atomic E-state index is 0.0509. The summed E-state index contributed by atoms with van der Waals surface area (Å²) in [7, 11) is 0. The van der Waals surface area contributed by atoms with Crippen LogP contribution in [0.3, 0.4) is 0 Å². The number of rotatable bonds is 6. The first-order chi connectivity index (χ1) is 11.6. The minimum Gasteiger partial charge on any atom is -0.481 e. The molecule has 0 aliphatic rings. The summed E-state index contributed by atoms with van der Waals surface area (Å²) >= 11 is 5.96. The molecule has 132 valence electrons. The lowest BCUT2D eigenvalue weighted by molar-refractivity contribution is -0.156. The summed E-state index contributed by atoms with van der Waals surface area (Å²) in [6, 6.07) is 2.58. The van der Waals surface area contributed by atoms with Gasteiger partial charge in [-0.15, -0.1) is 0 Å². The van der Waals surface area contributed by atoms with Crippen molar-refractivity contribution in [2.75, 3.05) is 0 Å². The Hall–Kier alpha value is -3.07. The molecule has 10 heteroatoms. The molecular weight excluding hydrogens is 358 g/mol. The summed E-state index contributed by atoms with van der Waals surface area (Å²) in [5.41, 5.74) is -0.337. The summed E-state index contributed by atoms with van der Waals surface area (Å²) < 4.78 is 5.19. The number of para-hydroxylation sites is 1. The van der Waals surface area contributed by atoms with E-state index in [1.165, 1.54) is 18.2 Å². The molecule has 0 bridgehead atoms. The molecule has 1 unspecified atom stereocenters. The second kappa shape index (κ2) is 6.81. The molecule has 9 nitrogen and oxygen atoms in total. The van der Waals surface area contributed by atoms with Gasteiger partial charge in [-0.2, -0.15) is 0 Å². The molecule has 2 rings (SSSR count). The van der Waals surface area contributed by atoms with E-state index in [2.05, 4.69) is 5.32 Å². The lowest BCUT2D eigenvalue weighted by Crippen LogP contribution is -2.40. The average molecular weight is 370 g/mol. The Balaban J connectivity index is 2.84. The monoisotopic (exact) mass is 369 g/mol. The Bertz CT molecular complexity index is 873. The van der Waals surface area contributed by atoms with E-state index in [0.29, 0.717) is 0 Å². The van der Waals surface area contributed by atoms with Crippen LogP contribution in [-0.2, 0) is 14.4 Å². The number of hydrogen-bond acceptors (Lipinski definition) is 5. The zero-order valence-electron chi connectivity index (χ0n) is 12.6. The van der Waals surface area contributed by atoms with Gasteiger partial charge in [0.15, 0.2) is 11.5 Å². The number of hydrogen-bond donors (Lipinski definition) is 4. The van der Waals surface area contributed by atoms with E-state index in [1.807, 2.05) is 0 Å². The first-order valence-corrected chi connectivity index (χ1v) is 7.19. The molecule has 1 atom stereocenters. The van der Waals surface area contributed by atoms with Gasteiger partial charge in [-0.25, -0.2) is 4.79 Å². The number of aromatic carboxylic acids is 1. The van der Waals surface area contributed by atoms with Crippen molar-refractivity contribution in [3.63, 3.8) is 0 Å². The van der Waals surface area contributed by atoms with Gasteiger partial charge in [-0.1, -0.05) is 23.7 Å². The Labute approximate surface area is 144 Å². The number of fused-ring (bicyclic) bond motifs is 1. The number of carboxylic acid groups (broad SMARTS) is 3. The van der Waals surface area contributed by atoms with Crippen LogP contribution in [0.5, 0.6) is 0 Å². The molecule has 0 fully saturated rings. The Morgan fingerprint density at radius 1 is 1.12 bits per heavy atom. The van der Waals surface area contributed by atoms with E-state index in [0.717, 1.165) is 6.92 Å². The largest absolute Gasteiger partial charge is 0.481 e. The van der Waals surface area contributed by atoms with Gasteiger partial charge >= 0.3 is 17.9 Å². The second-order valence-electron chi connectivity index (χ2n) is 5.10. The topological polar surface area (TPSA) is 154 Å². The number of nitrogens with one attached hydrogen (secondary N) is 1. The van der Waals surface area contributed by atoms with E-state index in [1.54, 1.807) is 0 Å². The van der Waals surface area contributed by atoms with E-state index in [4.69, 9.17) is 16.0 Å². The Morgan fingerprint density at radius 2 is 1.72 bits per heavy atom. The van der Waals surface area contributed by atoms with Gasteiger partial charge in [-0.3, -0.25) is 14.4 Å². The van der Waals surface area contributed by atoms with Gasteiger partial charge in [0.25, 0.3) is 0 Å². The van der Waals surface area contributed by atoms with Crippen molar-refractivity contribution >= 4 is 46.4 Å². The normalized spacial score (nSPS) is 12.1. The minimum atomic E-state index is -2.14. The molecule has 1 aromatic heterocycles. The van der Waals surface area contributed by atoms with Gasteiger partial charge in [0.05, 0.1) is 11.1 Å². The smallest absolute Gasteiger partial charge is 0.372 e. The molecule has 0 aliphatic heterocycles. The summed E-state index contributed by atoms with van der Waals surface area (Å²) in [5.74, 6) is -8.65. The highest BCUT2D eigenvalue weighted by atomic mass is 35.5. The van der Waals surface area contributed by atoms with Crippen LogP contribution in [0.4, 0.5) is 0 Å². The lowest BCUT2D eigenvalue weighted by atomic mass is 9.90. The van der Waals surface area contributed by atoms with Crippen LogP contribution in [0.15, 0.2) is 22.6 Å². The van der Waals surface area contributed by atoms with E-state index in [-0.39, 0.29) is 21.6 Å². The predicted octanol–water partition coefficient (Wildman–Crippen LogP) is 1.75. The van der Waals surface area contributed by atoms with Crippen molar-refractivity contribution in [3.8, 4) is 0 Å². The average Bonchev–Trinajstić information content (AvgIpc) is 2.86. The zero-order chi connectivity index (χ0) is 18.9. The van der Waals surface area contributed by atoms with Crippen molar-refractivity contribution < 1.29 is 38.9 Å². The highest BCUT2D eigenvalue weighted by Gasteiger charge is 2.41. The number of benzene rings is 1. The second-order valence-corrected chi connectivity index (χ2v) is 5.51. The van der Waals surface area contributed by atoms with Crippen LogP contribution in [0, 0.1) is 5.92 Å². The molecule has 1 amide bonds. The zero-order valence-corrected chi connectivity index (χ0v) is 13.4. The quantitative estimate of drug-likeness (QED) is 0.561. The number of carbonyl (C=O) groups is 4. The van der Waals surface area contributed by atoms with Crippen LogP contribution in [-0.4, -0.2) is 39.1 Å². The third-order valence-corrected chi connectivity index (χ3v) is 3.73. The van der Waals surface area contributed by atoms with Crippen LogP contribution in [0.1, 0.15) is 29.1 Å². The molecule has 25 heavy (non-hydrogen) atoms. The third-order valence-electron chi connectivity index (χ3n) is 3.44. The summed E-state index contributed by atoms with van der Waals surface area (Å²) in [5, 5.41) is 30.2. The van der Waals surface area contributed by atoms with Gasteiger partial charge in [0, 0.05) is 17.9 Å². The highest BCUT2D eigenvalue weighted by molar-refractivity contribution is 6.35. The molecular formula is C15H12ClNO8. The van der Waals surface area contributed by atoms with Crippen molar-refractivity contribution in [2.24, 2.45) is 5.92 Å². The molecule has 0 spiro atoms. The van der Waals surface area contributed by atoms with E-state index in [9.17, 15) is 34.5 Å². The standard InChI is InChI=1S/C15H12ClNO8/c1-5(18)17-10(9(13(19)20)14(21)22)8-6-3-2-4-7(16)11(6)25-12(8)15(23)24/h2-4,9-10H,1H3,(H,17,18)(H,19,20)(H,21,22)(H,23,24). The van der Waals surface area contributed by atoms with Crippen molar-refractivity contribution in [1.82, 2.24) is 5.32 Å². The Kier molecular flexibility index (Phi) is 4.98. The predicted molar refractivity (Wildman–Crippen MR) is 83.5 cm³/mol. The fourth-order valence-electron chi connectivity index (χ4n) is 2.50. The van der Waals surface area contributed by atoms with Crippen molar-refractivity contribution in [1.29, 1.82) is 0 Å². The SMILES string of the molecule is CC(=O)NC(c1c(C(=O)O)oc2c(Cl)cccc12)C(C(=O)O)C(=O)O. The number of carbonyl (C=O) groups excluding carboxylic acids is 1. The maximum atomic E-state index is 11.5. The third kappa shape index (κ3) is 3.41. The summed E-state index contributed by atoms with van der Waals surface area (Å²) in [4.78, 5) is 45.8. The van der Waals surface area contributed by atoms with Gasteiger partial charge in [0.2, 0.25) is 11.7 Å². The number of carboxylic acids is 3. The fraction of sp³-hybridized carbons (Fsp3) is 0.200. The van der Waals surface area contributed by atoms with Crippen LogP contribution < -0.4 is 5.32 Å².